The van der Waals surface area contributed by atoms with E-state index in [2.05, 4.69) is 25.9 Å². The van der Waals surface area contributed by atoms with E-state index in [0.29, 0.717) is 24.4 Å². The number of piperidine rings is 1. The van der Waals surface area contributed by atoms with Crippen molar-refractivity contribution in [3.63, 3.8) is 0 Å². The highest BCUT2D eigenvalue weighted by molar-refractivity contribution is 5.76. The molecule has 1 aliphatic carbocycles. The Morgan fingerprint density at radius 1 is 1.19 bits per heavy atom. The van der Waals surface area contributed by atoms with Gasteiger partial charge in [-0.25, -0.2) is 0 Å². The lowest BCUT2D eigenvalue weighted by molar-refractivity contribution is -0.151. The molecule has 3 rings (SSSR count). The molecule has 0 bridgehead atoms. The first kappa shape index (κ1) is 19.7. The van der Waals surface area contributed by atoms with E-state index in [1.807, 2.05) is 0 Å². The summed E-state index contributed by atoms with van der Waals surface area (Å²) in [6.07, 6.45) is 6.37. The van der Waals surface area contributed by atoms with Crippen molar-refractivity contribution in [2.75, 3.05) is 19.8 Å². The monoisotopic (exact) mass is 379 g/mol. The van der Waals surface area contributed by atoms with Crippen molar-refractivity contribution < 1.29 is 19.1 Å². The molecule has 2 heterocycles. The highest BCUT2D eigenvalue weighted by Gasteiger charge is 2.38. The maximum absolute atomic E-state index is 12.3. The summed E-state index contributed by atoms with van der Waals surface area (Å²) >= 11 is 0. The molecular weight excluding hydrogens is 350 g/mol. The summed E-state index contributed by atoms with van der Waals surface area (Å²) in [4.78, 5) is 23.6. The molecule has 9 heteroatoms. The number of rotatable bonds is 8. The molecule has 150 valence electrons. The normalized spacial score (nSPS) is 27.6. The molecule has 2 N–H and O–H groups in total. The van der Waals surface area contributed by atoms with Crippen LogP contribution >= 0.6 is 0 Å². The molecule has 2 aliphatic rings. The number of carbonyl (C=O) groups is 2. The van der Waals surface area contributed by atoms with Gasteiger partial charge in [-0.15, -0.1) is 10.2 Å². The van der Waals surface area contributed by atoms with Crippen molar-refractivity contribution in [3.8, 4) is 0 Å². The molecule has 1 aromatic heterocycles. The van der Waals surface area contributed by atoms with Crippen molar-refractivity contribution in [3.05, 3.63) is 5.82 Å². The van der Waals surface area contributed by atoms with Crippen LogP contribution in [0.4, 0.5) is 0 Å². The number of esters is 2. The smallest absolute Gasteiger partial charge is 0.323 e. The third-order valence-electron chi connectivity index (χ3n) is 5.72. The number of ether oxygens (including phenoxy) is 2. The van der Waals surface area contributed by atoms with E-state index in [1.165, 1.54) is 12.8 Å². The van der Waals surface area contributed by atoms with Crippen molar-refractivity contribution in [1.29, 1.82) is 0 Å². The number of fused-ring (bicyclic) bond motifs is 1. The van der Waals surface area contributed by atoms with Crippen molar-refractivity contribution in [2.24, 2.45) is 17.8 Å². The summed E-state index contributed by atoms with van der Waals surface area (Å²) in [5, 5.41) is 17.5. The summed E-state index contributed by atoms with van der Waals surface area (Å²) in [6.45, 7) is 3.04. The van der Waals surface area contributed by atoms with Crippen LogP contribution < -0.4 is 5.32 Å². The van der Waals surface area contributed by atoms with Gasteiger partial charge in [-0.05, 0) is 56.9 Å². The quantitative estimate of drug-likeness (QED) is 0.643. The Morgan fingerprint density at radius 2 is 2.07 bits per heavy atom. The van der Waals surface area contributed by atoms with Gasteiger partial charge in [-0.3, -0.25) is 9.59 Å². The molecule has 0 spiro atoms. The summed E-state index contributed by atoms with van der Waals surface area (Å²) in [6, 6.07) is -0.274. The Morgan fingerprint density at radius 3 is 2.85 bits per heavy atom. The van der Waals surface area contributed by atoms with Gasteiger partial charge < -0.3 is 14.8 Å². The standard InChI is InChI=1S/C18H29N5O4/c1-2-26-17(24)7-8-27-18(25)15-10-14-9-12(3-5-13(14)11-19-15)4-6-16-20-22-23-21-16/h12-15,19H,2-11H2,1H3,(H,20,21,22,23). The fourth-order valence-corrected chi connectivity index (χ4v) is 4.29. The van der Waals surface area contributed by atoms with Crippen molar-refractivity contribution >= 4 is 11.9 Å². The second-order valence-electron chi connectivity index (χ2n) is 7.48. The second-order valence-corrected chi connectivity index (χ2v) is 7.48. The molecule has 9 nitrogen and oxygen atoms in total. The zero-order valence-electron chi connectivity index (χ0n) is 15.9. The fourth-order valence-electron chi connectivity index (χ4n) is 4.29. The van der Waals surface area contributed by atoms with Gasteiger partial charge in [0.15, 0.2) is 5.82 Å². The zero-order valence-corrected chi connectivity index (χ0v) is 15.9. The number of tetrazole rings is 1. The van der Waals surface area contributed by atoms with E-state index in [1.54, 1.807) is 6.92 Å². The van der Waals surface area contributed by atoms with E-state index in [9.17, 15) is 9.59 Å². The van der Waals surface area contributed by atoms with Crippen LogP contribution in [0.1, 0.15) is 51.3 Å². The first-order valence-electron chi connectivity index (χ1n) is 9.93. The Hall–Kier alpha value is -2.03. The lowest BCUT2D eigenvalue weighted by Crippen LogP contribution is -2.50. The highest BCUT2D eigenvalue weighted by atomic mass is 16.5. The Bertz CT molecular complexity index is 609. The minimum Gasteiger partial charge on any atom is -0.466 e. The van der Waals surface area contributed by atoms with E-state index >= 15 is 0 Å². The van der Waals surface area contributed by atoms with Crippen LogP contribution in [0.2, 0.25) is 0 Å². The number of carbonyl (C=O) groups excluding carboxylic acids is 2. The van der Waals surface area contributed by atoms with Crippen molar-refractivity contribution in [2.45, 2.75) is 57.9 Å². The van der Waals surface area contributed by atoms with Gasteiger partial charge in [0.1, 0.15) is 12.6 Å². The number of aromatic amines is 1. The molecule has 0 aromatic carbocycles. The van der Waals surface area contributed by atoms with Gasteiger partial charge >= 0.3 is 11.9 Å². The van der Waals surface area contributed by atoms with Crippen molar-refractivity contribution in [1.82, 2.24) is 25.9 Å². The minimum absolute atomic E-state index is 0.0806. The summed E-state index contributed by atoms with van der Waals surface area (Å²) in [5.74, 6) is 1.99. The predicted molar refractivity (Wildman–Crippen MR) is 95.4 cm³/mol. The molecule has 0 radical (unpaired) electrons. The molecular formula is C18H29N5O4. The number of hydrogen-bond acceptors (Lipinski definition) is 8. The largest absolute Gasteiger partial charge is 0.466 e. The molecule has 4 unspecified atom stereocenters. The Labute approximate surface area is 158 Å². The second kappa shape index (κ2) is 9.77. The third-order valence-corrected chi connectivity index (χ3v) is 5.72. The lowest BCUT2D eigenvalue weighted by Gasteiger charge is -2.42. The molecule has 4 atom stereocenters. The van der Waals surface area contributed by atoms with Crippen LogP contribution in [0.5, 0.6) is 0 Å². The minimum atomic E-state index is -0.335. The van der Waals surface area contributed by atoms with Gasteiger partial charge in [-0.2, -0.15) is 5.21 Å². The van der Waals surface area contributed by atoms with Crippen LogP contribution in [-0.2, 0) is 25.5 Å². The van der Waals surface area contributed by atoms with Gasteiger partial charge in [0.2, 0.25) is 0 Å². The lowest BCUT2D eigenvalue weighted by atomic mass is 9.69. The number of nitrogens with zero attached hydrogens (tertiary/aromatic N) is 3. The zero-order chi connectivity index (χ0) is 19.1. The van der Waals surface area contributed by atoms with Crippen LogP contribution in [0.15, 0.2) is 0 Å². The molecule has 1 saturated heterocycles. The Balaban J connectivity index is 1.41. The third kappa shape index (κ3) is 5.72. The maximum Gasteiger partial charge on any atom is 0.323 e. The van der Waals surface area contributed by atoms with Gasteiger partial charge in [-0.1, -0.05) is 11.6 Å². The number of aryl methyl sites for hydroxylation is 1. The van der Waals surface area contributed by atoms with Crippen LogP contribution in [-0.4, -0.2) is 58.4 Å². The SMILES string of the molecule is CCOC(=O)CCOC(=O)C1CC2CC(CCc3nn[nH]n3)CCC2CN1. The number of hydrogen-bond donors (Lipinski definition) is 2. The average molecular weight is 379 g/mol. The maximum atomic E-state index is 12.3. The Kier molecular flexibility index (Phi) is 7.14. The number of nitrogens with one attached hydrogen (secondary N) is 2. The van der Waals surface area contributed by atoms with Crippen LogP contribution in [0.3, 0.4) is 0 Å². The van der Waals surface area contributed by atoms with E-state index in [0.717, 1.165) is 38.1 Å². The first-order chi connectivity index (χ1) is 13.2. The van der Waals surface area contributed by atoms with Crippen LogP contribution in [0, 0.1) is 17.8 Å². The fraction of sp³-hybridized carbons (Fsp3) is 0.833. The topological polar surface area (TPSA) is 119 Å². The van der Waals surface area contributed by atoms with Gasteiger partial charge in [0.25, 0.3) is 0 Å². The average Bonchev–Trinajstić information content (AvgIpc) is 3.19. The van der Waals surface area contributed by atoms with Gasteiger partial charge in [0.05, 0.1) is 13.0 Å². The highest BCUT2D eigenvalue weighted by Crippen LogP contribution is 2.40. The molecule has 1 saturated carbocycles. The molecule has 1 aromatic rings. The predicted octanol–water partition coefficient (Wildman–Crippen LogP) is 1.02. The summed E-state index contributed by atoms with van der Waals surface area (Å²) in [5.41, 5.74) is 0. The number of H-pyrrole nitrogens is 1. The van der Waals surface area contributed by atoms with Gasteiger partial charge in [0, 0.05) is 6.42 Å². The first-order valence-corrected chi connectivity index (χ1v) is 9.93. The molecule has 2 fully saturated rings. The van der Waals surface area contributed by atoms with E-state index < -0.39 is 0 Å². The summed E-state index contributed by atoms with van der Waals surface area (Å²) in [7, 11) is 0. The summed E-state index contributed by atoms with van der Waals surface area (Å²) < 4.78 is 10.1. The van der Waals surface area contributed by atoms with E-state index in [4.69, 9.17) is 9.47 Å². The molecule has 27 heavy (non-hydrogen) atoms. The molecule has 1 aliphatic heterocycles. The number of aromatic nitrogens is 4. The van der Waals surface area contributed by atoms with E-state index in [-0.39, 0.29) is 31.0 Å². The van der Waals surface area contributed by atoms with Crippen LogP contribution in [0.25, 0.3) is 0 Å². The molecule has 0 amide bonds.